The number of nitrogens with zero attached hydrogens (tertiary/aromatic N) is 1. The van der Waals surface area contributed by atoms with Crippen LogP contribution in [-0.4, -0.2) is 61.2 Å². The minimum absolute atomic E-state index is 0.0622. The van der Waals surface area contributed by atoms with E-state index in [-0.39, 0.29) is 23.5 Å². The number of fused-ring (bicyclic) bond motifs is 2. The molecule has 1 aromatic rings. The van der Waals surface area contributed by atoms with Crippen LogP contribution in [0.15, 0.2) is 24.3 Å². The summed E-state index contributed by atoms with van der Waals surface area (Å²) in [5.74, 6) is -1.99. The molecule has 2 aliphatic heterocycles. The monoisotopic (exact) mass is 379 g/mol. The lowest BCUT2D eigenvalue weighted by molar-refractivity contribution is -0.160. The Kier molecular flexibility index (Phi) is 3.81. The molecule has 0 radical (unpaired) electrons. The van der Waals surface area contributed by atoms with Crippen LogP contribution < -0.4 is 0 Å². The van der Waals surface area contributed by atoms with Gasteiger partial charge < -0.3 is 9.47 Å². The molecular formula is C18H21NO6S. The fraction of sp³-hybridized carbons (Fsp3) is 0.556. The van der Waals surface area contributed by atoms with E-state index < -0.39 is 33.9 Å². The zero-order valence-corrected chi connectivity index (χ0v) is 15.7. The third-order valence-electron chi connectivity index (χ3n) is 5.23. The number of hydrogen-bond donors (Lipinski definition) is 0. The van der Waals surface area contributed by atoms with Crippen molar-refractivity contribution in [1.82, 2.24) is 4.90 Å². The first-order chi connectivity index (χ1) is 12.1. The molecule has 4 atom stereocenters. The minimum atomic E-state index is -3.24. The third-order valence-corrected chi connectivity index (χ3v) is 6.26. The Labute approximate surface area is 152 Å². The predicted octanol–water partition coefficient (Wildman–Crippen LogP) is 1.24. The number of amides is 2. The molecule has 0 spiro atoms. The van der Waals surface area contributed by atoms with E-state index in [0.29, 0.717) is 17.5 Å². The van der Waals surface area contributed by atoms with Gasteiger partial charge in [0.1, 0.15) is 15.9 Å². The Bertz CT molecular complexity index is 858. The molecule has 140 valence electrons. The molecule has 1 aliphatic carbocycles. The van der Waals surface area contributed by atoms with Crippen molar-refractivity contribution in [2.75, 3.05) is 12.0 Å². The normalized spacial score (nSPS) is 32.8. The number of hydrogen-bond acceptors (Lipinski definition) is 6. The number of carbonyl (C=O) groups is 2. The summed E-state index contributed by atoms with van der Waals surface area (Å²) >= 11 is 0. The molecule has 1 saturated carbocycles. The number of rotatable bonds is 3. The summed E-state index contributed by atoms with van der Waals surface area (Å²) in [6.45, 7) is 3.50. The standard InChI is InChI=1S/C18H21NO6S/c1-18(2)24-14-10(9-26(3,22)23)8-13(15(14)25-18)19-16(20)11-6-4-5-7-12(11)17(19)21/h4-7,10,13-15H,8-9H2,1-3H3. The molecule has 3 aliphatic rings. The van der Waals surface area contributed by atoms with Gasteiger partial charge in [0.05, 0.1) is 29.0 Å². The van der Waals surface area contributed by atoms with E-state index >= 15 is 0 Å². The highest BCUT2D eigenvalue weighted by Gasteiger charge is 2.58. The molecule has 4 rings (SSSR count). The van der Waals surface area contributed by atoms with Crippen molar-refractivity contribution in [1.29, 1.82) is 0 Å². The van der Waals surface area contributed by atoms with Crippen LogP contribution in [0.5, 0.6) is 0 Å². The van der Waals surface area contributed by atoms with Crippen LogP contribution in [0.4, 0.5) is 0 Å². The molecule has 0 bridgehead atoms. The van der Waals surface area contributed by atoms with Crippen molar-refractivity contribution in [3.05, 3.63) is 35.4 Å². The van der Waals surface area contributed by atoms with E-state index in [2.05, 4.69) is 0 Å². The molecule has 26 heavy (non-hydrogen) atoms. The van der Waals surface area contributed by atoms with Crippen LogP contribution in [0, 0.1) is 5.92 Å². The molecule has 8 heteroatoms. The van der Waals surface area contributed by atoms with Crippen molar-refractivity contribution >= 4 is 21.7 Å². The van der Waals surface area contributed by atoms with E-state index in [1.165, 1.54) is 11.2 Å². The predicted molar refractivity (Wildman–Crippen MR) is 92.4 cm³/mol. The largest absolute Gasteiger partial charge is 0.344 e. The van der Waals surface area contributed by atoms with Gasteiger partial charge in [0, 0.05) is 12.2 Å². The maximum Gasteiger partial charge on any atom is 0.261 e. The lowest BCUT2D eigenvalue weighted by atomic mass is 10.1. The van der Waals surface area contributed by atoms with Gasteiger partial charge in [-0.1, -0.05) is 12.1 Å². The van der Waals surface area contributed by atoms with Gasteiger partial charge >= 0.3 is 0 Å². The van der Waals surface area contributed by atoms with Crippen LogP contribution in [0.2, 0.25) is 0 Å². The lowest BCUT2D eigenvalue weighted by Gasteiger charge is -2.28. The Morgan fingerprint density at radius 2 is 1.62 bits per heavy atom. The second kappa shape index (κ2) is 5.61. The summed E-state index contributed by atoms with van der Waals surface area (Å²) < 4.78 is 35.6. The smallest absolute Gasteiger partial charge is 0.261 e. The van der Waals surface area contributed by atoms with Gasteiger partial charge in [0.15, 0.2) is 5.79 Å². The topological polar surface area (TPSA) is 90.0 Å². The molecule has 7 nitrogen and oxygen atoms in total. The van der Waals surface area contributed by atoms with E-state index in [1.807, 2.05) is 0 Å². The molecule has 2 fully saturated rings. The first-order valence-electron chi connectivity index (χ1n) is 8.58. The lowest BCUT2D eigenvalue weighted by Crippen LogP contribution is -2.46. The Morgan fingerprint density at radius 3 is 2.15 bits per heavy atom. The summed E-state index contributed by atoms with van der Waals surface area (Å²) in [7, 11) is -3.24. The summed E-state index contributed by atoms with van der Waals surface area (Å²) in [5, 5.41) is 0. The second-order valence-corrected chi connectivity index (χ2v) is 9.93. The van der Waals surface area contributed by atoms with Gasteiger partial charge in [0.25, 0.3) is 11.8 Å². The van der Waals surface area contributed by atoms with Crippen molar-refractivity contribution in [2.24, 2.45) is 5.92 Å². The van der Waals surface area contributed by atoms with Crippen molar-refractivity contribution < 1.29 is 27.5 Å². The van der Waals surface area contributed by atoms with Gasteiger partial charge in [0.2, 0.25) is 0 Å². The average molecular weight is 379 g/mol. The molecule has 0 N–H and O–H groups in total. The average Bonchev–Trinajstić information content (AvgIpc) is 3.09. The maximum absolute atomic E-state index is 12.8. The summed E-state index contributed by atoms with van der Waals surface area (Å²) in [6, 6.07) is 6.16. The number of ether oxygens (including phenoxy) is 2. The first-order valence-corrected chi connectivity index (χ1v) is 10.6. The van der Waals surface area contributed by atoms with Gasteiger partial charge in [-0.2, -0.15) is 0 Å². The van der Waals surface area contributed by atoms with E-state index in [1.54, 1.807) is 38.1 Å². The van der Waals surface area contributed by atoms with Gasteiger partial charge in [-0.05, 0) is 32.4 Å². The molecule has 2 heterocycles. The Hall–Kier alpha value is -1.77. The number of imide groups is 1. The van der Waals surface area contributed by atoms with Crippen LogP contribution in [-0.2, 0) is 19.3 Å². The van der Waals surface area contributed by atoms with Crippen LogP contribution >= 0.6 is 0 Å². The van der Waals surface area contributed by atoms with Crippen molar-refractivity contribution in [2.45, 2.75) is 44.3 Å². The highest BCUT2D eigenvalue weighted by atomic mass is 32.2. The molecule has 1 aromatic carbocycles. The SMILES string of the molecule is CC1(C)OC2C(CS(C)(=O)=O)CC(N3C(=O)c4ccccc4C3=O)C2O1. The van der Waals surface area contributed by atoms with Crippen molar-refractivity contribution in [3.63, 3.8) is 0 Å². The Balaban J connectivity index is 1.69. The van der Waals surface area contributed by atoms with Crippen LogP contribution in [0.25, 0.3) is 0 Å². The summed E-state index contributed by atoms with van der Waals surface area (Å²) in [5.41, 5.74) is 0.748. The van der Waals surface area contributed by atoms with Gasteiger partial charge in [-0.3, -0.25) is 14.5 Å². The maximum atomic E-state index is 12.8. The third kappa shape index (κ3) is 2.76. The summed E-state index contributed by atoms with van der Waals surface area (Å²) in [6.07, 6.45) is 0.537. The highest BCUT2D eigenvalue weighted by Crippen LogP contribution is 2.45. The van der Waals surface area contributed by atoms with Crippen LogP contribution in [0.3, 0.4) is 0 Å². The number of sulfone groups is 1. The fourth-order valence-electron chi connectivity index (χ4n) is 4.37. The van der Waals surface area contributed by atoms with Crippen LogP contribution in [0.1, 0.15) is 41.0 Å². The van der Waals surface area contributed by atoms with Gasteiger partial charge in [-0.25, -0.2) is 8.42 Å². The molecule has 0 aromatic heterocycles. The highest BCUT2D eigenvalue weighted by molar-refractivity contribution is 7.90. The summed E-state index contributed by atoms with van der Waals surface area (Å²) in [4.78, 5) is 26.9. The molecule has 2 amide bonds. The van der Waals surface area contributed by atoms with E-state index in [9.17, 15) is 18.0 Å². The van der Waals surface area contributed by atoms with E-state index in [0.717, 1.165) is 0 Å². The number of benzene rings is 1. The zero-order valence-electron chi connectivity index (χ0n) is 14.8. The first kappa shape index (κ1) is 17.6. The number of carbonyl (C=O) groups excluding carboxylic acids is 2. The van der Waals surface area contributed by atoms with Gasteiger partial charge in [-0.15, -0.1) is 0 Å². The molecular weight excluding hydrogens is 358 g/mol. The fourth-order valence-corrected chi connectivity index (χ4v) is 5.47. The quantitative estimate of drug-likeness (QED) is 0.734. The minimum Gasteiger partial charge on any atom is -0.344 e. The van der Waals surface area contributed by atoms with Crippen molar-refractivity contribution in [3.8, 4) is 0 Å². The zero-order chi connectivity index (χ0) is 18.9. The molecule has 1 saturated heterocycles. The Morgan fingerprint density at radius 1 is 1.08 bits per heavy atom. The van der Waals surface area contributed by atoms with E-state index in [4.69, 9.17) is 9.47 Å². The second-order valence-electron chi connectivity index (χ2n) is 7.75. The molecule has 4 unspecified atom stereocenters.